The van der Waals surface area contributed by atoms with Gasteiger partial charge in [0, 0.05) is 19.6 Å². The van der Waals surface area contributed by atoms with Crippen molar-refractivity contribution in [2.45, 2.75) is 25.8 Å². The van der Waals surface area contributed by atoms with Gasteiger partial charge in [0.05, 0.1) is 5.69 Å². The van der Waals surface area contributed by atoms with Crippen LogP contribution in [0.3, 0.4) is 0 Å². The van der Waals surface area contributed by atoms with Crippen LogP contribution in [-0.2, 0) is 0 Å². The Hall–Kier alpha value is -1.78. The smallest absolute Gasteiger partial charge is 0.263 e. The maximum Gasteiger partial charge on any atom is 0.263 e. The SMILES string of the molecule is CCN1CCCC1CNc1sc(C(=O)NC)c(N)c1C#N. The summed E-state index contributed by atoms with van der Waals surface area (Å²) in [6.07, 6.45) is 2.37. The summed E-state index contributed by atoms with van der Waals surface area (Å²) >= 11 is 1.25. The number of hydrogen-bond donors (Lipinski definition) is 3. The first-order chi connectivity index (χ1) is 10.1. The first-order valence-electron chi connectivity index (χ1n) is 7.14. The number of thiophene rings is 1. The highest BCUT2D eigenvalue weighted by molar-refractivity contribution is 7.18. The van der Waals surface area contributed by atoms with Crippen LogP contribution in [0.15, 0.2) is 0 Å². The van der Waals surface area contributed by atoms with Crippen molar-refractivity contribution in [3.63, 3.8) is 0 Å². The van der Waals surface area contributed by atoms with Gasteiger partial charge in [-0.15, -0.1) is 11.3 Å². The minimum Gasteiger partial charge on any atom is -0.396 e. The topological polar surface area (TPSA) is 94.2 Å². The Kier molecular flexibility index (Phi) is 5.04. The number of likely N-dealkylation sites (tertiary alicyclic amines) is 1. The monoisotopic (exact) mass is 307 g/mol. The van der Waals surface area contributed by atoms with E-state index in [1.54, 1.807) is 7.05 Å². The van der Waals surface area contributed by atoms with Crippen molar-refractivity contribution in [3.8, 4) is 6.07 Å². The first kappa shape index (κ1) is 15.6. The van der Waals surface area contributed by atoms with Crippen molar-refractivity contribution in [2.24, 2.45) is 0 Å². The van der Waals surface area contributed by atoms with E-state index in [1.807, 2.05) is 0 Å². The molecule has 1 aliphatic heterocycles. The number of rotatable bonds is 5. The number of anilines is 2. The largest absolute Gasteiger partial charge is 0.396 e. The summed E-state index contributed by atoms with van der Waals surface area (Å²) in [7, 11) is 1.55. The fourth-order valence-electron chi connectivity index (χ4n) is 2.71. The minimum absolute atomic E-state index is 0.252. The Morgan fingerprint density at radius 3 is 3.00 bits per heavy atom. The molecule has 0 aromatic carbocycles. The van der Waals surface area contributed by atoms with Crippen LogP contribution in [0.1, 0.15) is 35.0 Å². The lowest BCUT2D eigenvalue weighted by Crippen LogP contribution is -2.34. The zero-order valence-electron chi connectivity index (χ0n) is 12.4. The molecule has 1 saturated heterocycles. The lowest BCUT2D eigenvalue weighted by molar-refractivity contribution is 0.0968. The summed E-state index contributed by atoms with van der Waals surface area (Å²) in [5, 5.41) is 15.8. The summed E-state index contributed by atoms with van der Waals surface area (Å²) in [5.41, 5.74) is 6.55. The fourth-order valence-corrected chi connectivity index (χ4v) is 3.74. The molecule has 1 aromatic heterocycles. The van der Waals surface area contributed by atoms with Gasteiger partial charge in [0.1, 0.15) is 21.5 Å². The van der Waals surface area contributed by atoms with E-state index >= 15 is 0 Å². The number of hydrogen-bond acceptors (Lipinski definition) is 6. The molecule has 1 amide bonds. The van der Waals surface area contributed by atoms with E-state index in [2.05, 4.69) is 28.5 Å². The molecule has 0 saturated carbocycles. The third kappa shape index (κ3) is 3.12. The van der Waals surface area contributed by atoms with Crippen LogP contribution in [0.2, 0.25) is 0 Å². The van der Waals surface area contributed by atoms with Gasteiger partial charge in [0.2, 0.25) is 0 Å². The quantitative estimate of drug-likeness (QED) is 0.765. The normalized spacial score (nSPS) is 18.4. The van der Waals surface area contributed by atoms with Crippen molar-refractivity contribution in [2.75, 3.05) is 37.7 Å². The summed E-state index contributed by atoms with van der Waals surface area (Å²) in [5.74, 6) is -0.252. The lowest BCUT2D eigenvalue weighted by atomic mass is 10.2. The number of amides is 1. The molecule has 0 bridgehead atoms. The van der Waals surface area contributed by atoms with Gasteiger partial charge in [0.15, 0.2) is 0 Å². The summed E-state index contributed by atoms with van der Waals surface area (Å²) in [6, 6.07) is 2.57. The number of nitriles is 1. The van der Waals surface area contributed by atoms with Gasteiger partial charge in [-0.05, 0) is 25.9 Å². The zero-order chi connectivity index (χ0) is 15.4. The van der Waals surface area contributed by atoms with E-state index in [0.29, 0.717) is 21.5 Å². The van der Waals surface area contributed by atoms with Crippen LogP contribution in [0.25, 0.3) is 0 Å². The van der Waals surface area contributed by atoms with Gasteiger partial charge in [-0.3, -0.25) is 9.69 Å². The third-order valence-electron chi connectivity index (χ3n) is 3.89. The van der Waals surface area contributed by atoms with E-state index in [0.717, 1.165) is 26.1 Å². The number of carbonyl (C=O) groups excluding carboxylic acids is 1. The predicted octanol–water partition coefficient (Wildman–Crippen LogP) is 1.46. The maximum absolute atomic E-state index is 11.7. The molecule has 1 aromatic rings. The average molecular weight is 307 g/mol. The Labute approximate surface area is 128 Å². The van der Waals surface area contributed by atoms with Crippen LogP contribution in [0.5, 0.6) is 0 Å². The van der Waals surface area contributed by atoms with Crippen LogP contribution >= 0.6 is 11.3 Å². The molecular weight excluding hydrogens is 286 g/mol. The van der Waals surface area contributed by atoms with Gasteiger partial charge in [-0.1, -0.05) is 6.92 Å². The van der Waals surface area contributed by atoms with Crippen molar-refractivity contribution in [1.29, 1.82) is 5.26 Å². The molecule has 21 heavy (non-hydrogen) atoms. The molecule has 1 atom stereocenters. The fraction of sp³-hybridized carbons (Fsp3) is 0.571. The molecule has 0 spiro atoms. The van der Waals surface area contributed by atoms with Crippen molar-refractivity contribution >= 4 is 27.9 Å². The van der Waals surface area contributed by atoms with Crippen molar-refractivity contribution in [1.82, 2.24) is 10.2 Å². The highest BCUT2D eigenvalue weighted by Crippen LogP contribution is 2.35. The summed E-state index contributed by atoms with van der Waals surface area (Å²) < 4.78 is 0. The molecule has 2 rings (SSSR count). The Bertz CT molecular complexity index is 562. The van der Waals surface area contributed by atoms with E-state index < -0.39 is 0 Å². The van der Waals surface area contributed by atoms with E-state index in [-0.39, 0.29) is 11.6 Å². The van der Waals surface area contributed by atoms with Crippen molar-refractivity contribution in [3.05, 3.63) is 10.4 Å². The second-order valence-electron chi connectivity index (χ2n) is 5.05. The maximum atomic E-state index is 11.7. The second kappa shape index (κ2) is 6.78. The molecule has 114 valence electrons. The van der Waals surface area contributed by atoms with E-state index in [4.69, 9.17) is 5.73 Å². The van der Waals surface area contributed by atoms with Gasteiger partial charge in [-0.25, -0.2) is 0 Å². The molecular formula is C14H21N5OS. The third-order valence-corrected chi connectivity index (χ3v) is 5.06. The first-order valence-corrected chi connectivity index (χ1v) is 7.96. The second-order valence-corrected chi connectivity index (χ2v) is 6.07. The number of likely N-dealkylation sites (N-methyl/N-ethyl adjacent to an activating group) is 1. The molecule has 0 aliphatic carbocycles. The molecule has 2 heterocycles. The van der Waals surface area contributed by atoms with Gasteiger partial charge >= 0.3 is 0 Å². The highest BCUT2D eigenvalue weighted by atomic mass is 32.1. The Morgan fingerprint density at radius 2 is 2.38 bits per heavy atom. The van der Waals surface area contributed by atoms with E-state index in [1.165, 1.54) is 17.8 Å². The molecule has 1 aliphatic rings. The minimum atomic E-state index is -0.252. The highest BCUT2D eigenvalue weighted by Gasteiger charge is 2.25. The van der Waals surface area contributed by atoms with Crippen LogP contribution in [0, 0.1) is 11.3 Å². The van der Waals surface area contributed by atoms with Crippen LogP contribution < -0.4 is 16.4 Å². The number of nitrogens with one attached hydrogen (secondary N) is 2. The summed E-state index contributed by atoms with van der Waals surface area (Å²) in [6.45, 7) is 5.10. The molecule has 1 unspecified atom stereocenters. The molecule has 1 fully saturated rings. The number of nitrogen functional groups attached to an aromatic ring is 1. The average Bonchev–Trinajstić information content (AvgIpc) is 3.07. The number of nitrogens with two attached hydrogens (primary N) is 1. The standard InChI is InChI=1S/C14H21N5OS/c1-3-19-6-4-5-9(19)8-18-14-10(7-15)11(16)12(21-14)13(20)17-2/h9,18H,3-6,8,16H2,1-2H3,(H,17,20). The van der Waals surface area contributed by atoms with Gasteiger partial charge < -0.3 is 16.4 Å². The van der Waals surface area contributed by atoms with Gasteiger partial charge in [-0.2, -0.15) is 5.26 Å². The van der Waals surface area contributed by atoms with Gasteiger partial charge in [0.25, 0.3) is 5.91 Å². The van der Waals surface area contributed by atoms with Crippen molar-refractivity contribution < 1.29 is 4.79 Å². The Morgan fingerprint density at radius 1 is 1.62 bits per heavy atom. The van der Waals surface area contributed by atoms with Crippen LogP contribution in [0.4, 0.5) is 10.7 Å². The molecule has 0 radical (unpaired) electrons. The Balaban J connectivity index is 2.13. The molecule has 7 heteroatoms. The zero-order valence-corrected chi connectivity index (χ0v) is 13.2. The molecule has 6 nitrogen and oxygen atoms in total. The predicted molar refractivity (Wildman–Crippen MR) is 85.6 cm³/mol. The lowest BCUT2D eigenvalue weighted by Gasteiger charge is -2.23. The number of nitrogens with zero attached hydrogens (tertiary/aromatic N) is 2. The molecule has 4 N–H and O–H groups in total. The summed E-state index contributed by atoms with van der Waals surface area (Å²) in [4.78, 5) is 14.6. The van der Waals surface area contributed by atoms with E-state index in [9.17, 15) is 10.1 Å². The number of carbonyl (C=O) groups is 1. The van der Waals surface area contributed by atoms with Crippen LogP contribution in [-0.4, -0.2) is 43.5 Å².